The van der Waals surface area contributed by atoms with Gasteiger partial charge in [-0.2, -0.15) is 0 Å². The first kappa shape index (κ1) is 18.0. The number of nitrogens with one attached hydrogen (secondary N) is 1. The zero-order valence-electron chi connectivity index (χ0n) is 14.2. The van der Waals surface area contributed by atoms with Crippen LogP contribution in [0.3, 0.4) is 0 Å². The van der Waals surface area contributed by atoms with Crippen molar-refractivity contribution in [2.45, 2.75) is 37.8 Å². The number of methoxy groups -OCH3 is 1. The van der Waals surface area contributed by atoms with E-state index in [-0.39, 0.29) is 35.4 Å². The van der Waals surface area contributed by atoms with Gasteiger partial charge in [0.15, 0.2) is 17.4 Å². The molecular weight excluding hydrogens is 344 g/mol. The molecule has 6 nitrogen and oxygen atoms in total. The van der Waals surface area contributed by atoms with Crippen molar-refractivity contribution in [3.63, 3.8) is 0 Å². The predicted octanol–water partition coefficient (Wildman–Crippen LogP) is 2.88. The molecule has 0 atom stereocenters. The van der Waals surface area contributed by atoms with Crippen molar-refractivity contribution in [1.29, 1.82) is 0 Å². The highest BCUT2D eigenvalue weighted by Crippen LogP contribution is 2.23. The number of aromatic nitrogens is 2. The smallest absolute Gasteiger partial charge is 0.316 e. The van der Waals surface area contributed by atoms with Crippen LogP contribution in [0.25, 0.3) is 0 Å². The zero-order valence-corrected chi connectivity index (χ0v) is 14.2. The van der Waals surface area contributed by atoms with Crippen LogP contribution in [-0.4, -0.2) is 35.1 Å². The van der Waals surface area contributed by atoms with Gasteiger partial charge in [0.25, 0.3) is 5.91 Å². The fraction of sp³-hybridized carbons (Fsp3) is 0.389. The van der Waals surface area contributed by atoms with Crippen LogP contribution in [0.2, 0.25) is 0 Å². The maximum Gasteiger partial charge on any atom is 0.316 e. The first-order valence-electron chi connectivity index (χ1n) is 8.33. The summed E-state index contributed by atoms with van der Waals surface area (Å²) < 4.78 is 37.0. The molecule has 1 aliphatic carbocycles. The summed E-state index contributed by atoms with van der Waals surface area (Å²) in [6.07, 6.45) is 4.90. The van der Waals surface area contributed by atoms with Gasteiger partial charge in [-0.15, -0.1) is 0 Å². The fourth-order valence-corrected chi connectivity index (χ4v) is 2.91. The molecule has 1 aromatic heterocycles. The Hall–Kier alpha value is -2.77. The summed E-state index contributed by atoms with van der Waals surface area (Å²) in [5, 5.41) is 2.91. The number of hydrogen-bond acceptors (Lipinski definition) is 5. The Balaban J connectivity index is 1.49. The molecule has 8 heteroatoms. The predicted molar refractivity (Wildman–Crippen MR) is 89.1 cm³/mol. The average molecular weight is 363 g/mol. The van der Waals surface area contributed by atoms with Crippen LogP contribution in [0.1, 0.15) is 36.0 Å². The molecule has 0 radical (unpaired) electrons. The molecule has 2 aromatic rings. The SMILES string of the molecule is COc1ccc(C(=O)NC2CCC(Oc3ncc(F)cn3)CC2)cc1F. The minimum Gasteiger partial charge on any atom is -0.494 e. The maximum atomic E-state index is 13.7. The maximum absolute atomic E-state index is 13.7. The summed E-state index contributed by atoms with van der Waals surface area (Å²) in [4.78, 5) is 19.8. The third-order valence-corrected chi connectivity index (χ3v) is 4.29. The molecule has 1 fully saturated rings. The molecule has 1 heterocycles. The number of rotatable bonds is 5. The van der Waals surface area contributed by atoms with E-state index < -0.39 is 11.6 Å². The third kappa shape index (κ3) is 4.44. The molecule has 0 bridgehead atoms. The second kappa shape index (κ2) is 8.07. The minimum atomic E-state index is -0.573. The number of amides is 1. The van der Waals surface area contributed by atoms with Crippen LogP contribution in [0, 0.1) is 11.6 Å². The number of benzene rings is 1. The molecule has 0 aliphatic heterocycles. The zero-order chi connectivity index (χ0) is 18.5. The van der Waals surface area contributed by atoms with Crippen molar-refractivity contribution < 1.29 is 23.0 Å². The van der Waals surface area contributed by atoms with E-state index in [0.29, 0.717) is 12.8 Å². The van der Waals surface area contributed by atoms with Gasteiger partial charge in [0.05, 0.1) is 19.5 Å². The normalized spacial score (nSPS) is 19.7. The first-order valence-corrected chi connectivity index (χ1v) is 8.33. The summed E-state index contributed by atoms with van der Waals surface area (Å²) in [6, 6.07) is 4.25. The summed E-state index contributed by atoms with van der Waals surface area (Å²) in [6.45, 7) is 0. The summed E-state index contributed by atoms with van der Waals surface area (Å²) in [5.41, 5.74) is 0.251. The van der Waals surface area contributed by atoms with Crippen LogP contribution in [0.5, 0.6) is 11.8 Å². The van der Waals surface area contributed by atoms with Gasteiger partial charge < -0.3 is 14.8 Å². The van der Waals surface area contributed by atoms with Crippen molar-refractivity contribution in [3.05, 3.63) is 47.8 Å². The molecule has 1 aromatic carbocycles. The van der Waals surface area contributed by atoms with Gasteiger partial charge in [-0.1, -0.05) is 0 Å². The van der Waals surface area contributed by atoms with E-state index in [2.05, 4.69) is 15.3 Å². The van der Waals surface area contributed by atoms with Crippen LogP contribution < -0.4 is 14.8 Å². The quantitative estimate of drug-likeness (QED) is 0.884. The van der Waals surface area contributed by atoms with E-state index in [0.717, 1.165) is 31.3 Å². The number of nitrogens with zero attached hydrogens (tertiary/aromatic N) is 2. The number of carbonyl (C=O) groups is 1. The lowest BCUT2D eigenvalue weighted by Crippen LogP contribution is -2.39. The highest BCUT2D eigenvalue weighted by Gasteiger charge is 2.24. The molecule has 0 saturated heterocycles. The molecule has 0 spiro atoms. The molecular formula is C18H19F2N3O3. The summed E-state index contributed by atoms with van der Waals surface area (Å²) >= 11 is 0. The van der Waals surface area contributed by atoms with Crippen molar-refractivity contribution in [2.24, 2.45) is 0 Å². The Bertz CT molecular complexity index is 763. The van der Waals surface area contributed by atoms with Crippen molar-refractivity contribution in [1.82, 2.24) is 15.3 Å². The third-order valence-electron chi connectivity index (χ3n) is 4.29. The molecule has 1 aliphatic rings. The van der Waals surface area contributed by atoms with Gasteiger partial charge >= 0.3 is 6.01 Å². The minimum absolute atomic E-state index is 0.0124. The van der Waals surface area contributed by atoms with Crippen LogP contribution >= 0.6 is 0 Å². The highest BCUT2D eigenvalue weighted by molar-refractivity contribution is 5.94. The number of ether oxygens (including phenoxy) is 2. The van der Waals surface area contributed by atoms with Crippen LogP contribution in [0.4, 0.5) is 8.78 Å². The Morgan fingerprint density at radius 2 is 1.85 bits per heavy atom. The van der Waals surface area contributed by atoms with Gasteiger partial charge in [0.2, 0.25) is 0 Å². The lowest BCUT2D eigenvalue weighted by molar-refractivity contribution is 0.0884. The van der Waals surface area contributed by atoms with Crippen molar-refractivity contribution in [2.75, 3.05) is 7.11 Å². The van der Waals surface area contributed by atoms with Crippen molar-refractivity contribution >= 4 is 5.91 Å². The number of hydrogen-bond donors (Lipinski definition) is 1. The van der Waals surface area contributed by atoms with Gasteiger partial charge in [0.1, 0.15) is 6.10 Å². The Morgan fingerprint density at radius 1 is 1.15 bits per heavy atom. The fourth-order valence-electron chi connectivity index (χ4n) is 2.91. The van der Waals surface area contributed by atoms with Gasteiger partial charge in [-0.05, 0) is 43.9 Å². The van der Waals surface area contributed by atoms with E-state index in [9.17, 15) is 13.6 Å². The van der Waals surface area contributed by atoms with Crippen LogP contribution in [-0.2, 0) is 0 Å². The second-order valence-electron chi connectivity index (χ2n) is 6.10. The molecule has 26 heavy (non-hydrogen) atoms. The number of halogens is 2. The summed E-state index contributed by atoms with van der Waals surface area (Å²) in [5.74, 6) is -1.31. The molecule has 0 unspecified atom stereocenters. The average Bonchev–Trinajstić information content (AvgIpc) is 2.65. The van der Waals surface area contributed by atoms with E-state index in [1.165, 1.54) is 19.2 Å². The molecule has 138 valence electrons. The largest absolute Gasteiger partial charge is 0.494 e. The number of carbonyl (C=O) groups excluding carboxylic acids is 1. The van der Waals surface area contributed by atoms with Gasteiger partial charge in [-0.25, -0.2) is 18.7 Å². The van der Waals surface area contributed by atoms with E-state index in [4.69, 9.17) is 9.47 Å². The van der Waals surface area contributed by atoms with Crippen LogP contribution in [0.15, 0.2) is 30.6 Å². The molecule has 1 amide bonds. The van der Waals surface area contributed by atoms with E-state index in [1.807, 2.05) is 0 Å². The lowest BCUT2D eigenvalue weighted by atomic mass is 9.92. The Morgan fingerprint density at radius 3 is 2.46 bits per heavy atom. The first-order chi connectivity index (χ1) is 12.5. The molecule has 3 rings (SSSR count). The monoisotopic (exact) mass is 363 g/mol. The Labute approximate surface area is 149 Å². The summed E-state index contributed by atoms with van der Waals surface area (Å²) in [7, 11) is 1.37. The van der Waals surface area contributed by atoms with Crippen molar-refractivity contribution in [3.8, 4) is 11.8 Å². The van der Waals surface area contributed by atoms with E-state index >= 15 is 0 Å². The standard InChI is InChI=1S/C18H19F2N3O3/c1-25-16-7-2-11(8-15(16)20)17(24)23-13-3-5-14(6-4-13)26-18-21-9-12(19)10-22-18/h2,7-10,13-14H,3-6H2,1H3,(H,23,24). The lowest BCUT2D eigenvalue weighted by Gasteiger charge is -2.28. The Kier molecular flexibility index (Phi) is 5.60. The van der Waals surface area contributed by atoms with Gasteiger partial charge in [0, 0.05) is 11.6 Å². The molecule has 1 saturated carbocycles. The topological polar surface area (TPSA) is 73.3 Å². The van der Waals surface area contributed by atoms with Gasteiger partial charge in [-0.3, -0.25) is 4.79 Å². The van der Waals surface area contributed by atoms with E-state index in [1.54, 1.807) is 0 Å². The second-order valence-corrected chi connectivity index (χ2v) is 6.10. The molecule has 1 N–H and O–H groups in total. The highest BCUT2D eigenvalue weighted by atomic mass is 19.1.